The molecular formula is C80H66N4OSi+2. The van der Waals surface area contributed by atoms with Crippen molar-refractivity contribution >= 4 is 79.4 Å². The van der Waals surface area contributed by atoms with Gasteiger partial charge < -0.3 is 4.74 Å². The van der Waals surface area contributed by atoms with Crippen molar-refractivity contribution in [2.75, 3.05) is 0 Å². The molecule has 6 heteroatoms. The summed E-state index contributed by atoms with van der Waals surface area (Å²) in [6.07, 6.45) is 1.95. The molecule has 0 saturated carbocycles. The van der Waals surface area contributed by atoms with Crippen LogP contribution in [-0.4, -0.2) is 23.6 Å². The van der Waals surface area contributed by atoms with Crippen LogP contribution >= 0.6 is 0 Å². The third-order valence-corrected chi connectivity index (χ3v) is 21.9. The van der Waals surface area contributed by atoms with Crippen LogP contribution in [0.25, 0.3) is 61.0 Å². The fourth-order valence-electron chi connectivity index (χ4n) is 12.8. The van der Waals surface area contributed by atoms with Gasteiger partial charge in [0.05, 0.1) is 33.8 Å². The molecular weight excluding hydrogens is 1060 g/mol. The van der Waals surface area contributed by atoms with Crippen LogP contribution in [0.3, 0.4) is 0 Å². The van der Waals surface area contributed by atoms with E-state index >= 15 is 0 Å². The van der Waals surface area contributed by atoms with Gasteiger partial charge in [-0.1, -0.05) is 248 Å². The first-order valence-electron chi connectivity index (χ1n) is 29.8. The Balaban J connectivity index is 0.946. The maximum absolute atomic E-state index is 7.10. The van der Waals surface area contributed by atoms with E-state index in [1.807, 2.05) is 12.3 Å². The maximum atomic E-state index is 7.10. The highest BCUT2D eigenvalue weighted by Crippen LogP contribution is 2.49. The van der Waals surface area contributed by atoms with Gasteiger partial charge in [-0.3, -0.25) is 4.57 Å². The van der Waals surface area contributed by atoms with Crippen LogP contribution in [-0.2, 0) is 10.8 Å². The zero-order valence-corrected chi connectivity index (χ0v) is 50.4. The van der Waals surface area contributed by atoms with Crippen molar-refractivity contribution in [2.24, 2.45) is 0 Å². The van der Waals surface area contributed by atoms with Crippen molar-refractivity contribution in [1.29, 1.82) is 0 Å². The Morgan fingerprint density at radius 2 is 0.907 bits per heavy atom. The molecule has 2 aromatic heterocycles. The fourth-order valence-corrected chi connectivity index (χ4v) is 17.6. The number of aromatic nitrogens is 2. The van der Waals surface area contributed by atoms with Crippen molar-refractivity contribution < 1.29 is 4.74 Å². The number of hydrogen-bond donors (Lipinski definition) is 0. The first-order chi connectivity index (χ1) is 41.9. The lowest BCUT2D eigenvalue weighted by atomic mass is 9.85. The molecule has 86 heavy (non-hydrogen) atoms. The van der Waals surface area contributed by atoms with Crippen LogP contribution in [0, 0.1) is 0 Å². The average molecular weight is 1130 g/mol. The highest BCUT2D eigenvalue weighted by Gasteiger charge is 2.44. The summed E-state index contributed by atoms with van der Waals surface area (Å²) in [4.78, 5) is 5.13. The van der Waals surface area contributed by atoms with Crippen LogP contribution in [0.2, 0.25) is 0 Å². The minimum atomic E-state index is -2.86. The van der Waals surface area contributed by atoms with Crippen molar-refractivity contribution in [2.45, 2.75) is 52.4 Å². The summed E-state index contributed by atoms with van der Waals surface area (Å²) in [5.74, 6) is 2.28. The summed E-state index contributed by atoms with van der Waals surface area (Å²) < 4.78 is 13.9. The summed E-state index contributed by atoms with van der Waals surface area (Å²) in [7, 11) is -2.86. The van der Waals surface area contributed by atoms with E-state index in [2.05, 4.69) is 340 Å². The molecule has 1 aliphatic rings. The van der Waals surface area contributed by atoms with E-state index in [0.717, 1.165) is 83.8 Å². The molecule has 0 unspecified atom stereocenters. The molecule has 0 saturated heterocycles. The third-order valence-electron chi connectivity index (χ3n) is 17.1. The Labute approximate surface area is 505 Å². The Bertz CT molecular complexity index is 4610. The molecule has 0 atom stereocenters. The summed E-state index contributed by atoms with van der Waals surface area (Å²) in [5.41, 5.74) is 15.2. The molecule has 0 bridgehead atoms. The molecule has 0 aliphatic carbocycles. The average Bonchev–Trinajstić information content (AvgIpc) is 1.65. The molecule has 13 aromatic rings. The van der Waals surface area contributed by atoms with E-state index < -0.39 is 8.07 Å². The molecule has 3 heterocycles. The van der Waals surface area contributed by atoms with Gasteiger partial charge in [-0.25, -0.2) is 4.98 Å². The smallest absolute Gasteiger partial charge is 0.457 e. The largest absolute Gasteiger partial charge is 0.503 e. The number of pyridine rings is 1. The van der Waals surface area contributed by atoms with Gasteiger partial charge in [0.1, 0.15) is 17.3 Å². The molecule has 11 aromatic carbocycles. The number of ether oxygens (including phenoxy) is 1. The normalized spacial score (nSPS) is 12.5. The van der Waals surface area contributed by atoms with Gasteiger partial charge in [0.25, 0.3) is 5.69 Å². The first kappa shape index (κ1) is 53.8. The van der Waals surface area contributed by atoms with Crippen LogP contribution < -0.4 is 34.6 Å². The van der Waals surface area contributed by atoms with Crippen LogP contribution in [0.15, 0.2) is 291 Å². The number of nitrogens with zero attached hydrogens (tertiary/aromatic N) is 4. The predicted octanol–water partition coefficient (Wildman–Crippen LogP) is 17.8. The van der Waals surface area contributed by atoms with Gasteiger partial charge in [0, 0.05) is 35.2 Å². The summed E-state index contributed by atoms with van der Waals surface area (Å²) in [6, 6.07) is 108. The van der Waals surface area contributed by atoms with Crippen molar-refractivity contribution in [3.05, 3.63) is 302 Å². The SMILES string of the molecule is CC(C)(C)c1cccc(-c2cccc3c2[N+](c2c(-c4ccccc4)cccc2-c2ccccc2)=C=[N+]3c2cccc(Oc3ccc4c5cc([Si](c6ccccc6)(c6ccccc6)c6ccccc6)ccc5n(-c5cc(C(C)(C)C)ccn5)c4c3)c2)c1. The van der Waals surface area contributed by atoms with Crippen LogP contribution in [0.1, 0.15) is 52.7 Å². The highest BCUT2D eigenvalue weighted by molar-refractivity contribution is 7.20. The lowest BCUT2D eigenvalue weighted by molar-refractivity contribution is 0.483. The number of para-hydroxylation sites is 2. The van der Waals surface area contributed by atoms with Gasteiger partial charge in [-0.15, -0.1) is 0 Å². The lowest BCUT2D eigenvalue weighted by Gasteiger charge is -2.34. The monoisotopic (exact) mass is 1130 g/mol. The molecule has 5 nitrogen and oxygen atoms in total. The van der Waals surface area contributed by atoms with E-state index in [1.54, 1.807) is 0 Å². The molecule has 0 radical (unpaired) electrons. The van der Waals surface area contributed by atoms with E-state index in [9.17, 15) is 0 Å². The van der Waals surface area contributed by atoms with Crippen molar-refractivity contribution in [1.82, 2.24) is 18.7 Å². The zero-order valence-electron chi connectivity index (χ0n) is 49.4. The number of rotatable bonds is 12. The highest BCUT2D eigenvalue weighted by atomic mass is 28.3. The van der Waals surface area contributed by atoms with E-state index in [4.69, 9.17) is 9.72 Å². The predicted molar refractivity (Wildman–Crippen MR) is 363 cm³/mol. The molecule has 0 fully saturated rings. The first-order valence-corrected chi connectivity index (χ1v) is 31.8. The standard InChI is InChI=1S/C80H66N4OSi/c1-79(2,3)59-31-22-30-58(50-59)70-42-25-43-74-78(70)83(77-68(56-26-12-7-13-27-56)40-24-41-69(77)57-28-14-8-15-29-57)55-82(74)61-32-23-33-62(52-61)85-63-44-46-71-72-54-67(45-47-73(72)84(75(71)53-63)76-51-60(48-49-81-76)80(4,5)6)86(64-34-16-9-17-35-64,65-36-18-10-19-37-65)66-38-20-11-21-39-66/h7-54H,1-6H3/q+2. The Kier molecular flexibility index (Phi) is 13.6. The van der Waals surface area contributed by atoms with Gasteiger partial charge in [0.2, 0.25) is 11.4 Å². The van der Waals surface area contributed by atoms with Crippen molar-refractivity contribution in [3.8, 4) is 50.7 Å². The molecule has 0 amide bonds. The van der Waals surface area contributed by atoms with Gasteiger partial charge >= 0.3 is 11.7 Å². The molecule has 414 valence electrons. The number of fused-ring (bicyclic) bond motifs is 4. The number of benzene rings is 11. The fraction of sp³-hybridized carbons (Fsp3) is 0.100. The summed E-state index contributed by atoms with van der Waals surface area (Å²) >= 11 is 0. The van der Waals surface area contributed by atoms with E-state index in [-0.39, 0.29) is 10.8 Å². The van der Waals surface area contributed by atoms with Crippen LogP contribution in [0.5, 0.6) is 11.5 Å². The second kappa shape index (κ2) is 21.8. The molecule has 1 aliphatic heterocycles. The third kappa shape index (κ3) is 9.59. The van der Waals surface area contributed by atoms with Crippen molar-refractivity contribution in [3.63, 3.8) is 0 Å². The summed E-state index contributed by atoms with van der Waals surface area (Å²) in [6.45, 7) is 13.6. The topological polar surface area (TPSA) is 33.1 Å². The quantitative estimate of drug-likeness (QED) is 0.0694. The van der Waals surface area contributed by atoms with Gasteiger partial charge in [-0.05, 0) is 123 Å². The molecule has 0 N–H and O–H groups in total. The minimum Gasteiger partial charge on any atom is -0.457 e. The molecule has 14 rings (SSSR count). The Morgan fingerprint density at radius 1 is 0.384 bits per heavy atom. The zero-order chi connectivity index (χ0) is 58.6. The molecule has 0 spiro atoms. The van der Waals surface area contributed by atoms with E-state index in [1.165, 1.54) is 31.9 Å². The Hall–Kier alpha value is -10.2. The van der Waals surface area contributed by atoms with E-state index in [0.29, 0.717) is 11.5 Å². The lowest BCUT2D eigenvalue weighted by Crippen LogP contribution is -2.74. The minimum absolute atomic E-state index is 0.0420. The maximum Gasteiger partial charge on any atom is 0.503 e. The van der Waals surface area contributed by atoms with Gasteiger partial charge in [-0.2, -0.15) is 0 Å². The number of hydrogen-bond acceptors (Lipinski definition) is 2. The Morgan fingerprint density at radius 3 is 1.51 bits per heavy atom. The second-order valence-corrected chi connectivity index (χ2v) is 28.4. The van der Waals surface area contributed by atoms with Gasteiger partial charge in [0.15, 0.2) is 8.07 Å². The van der Waals surface area contributed by atoms with Crippen LogP contribution in [0.4, 0.5) is 22.7 Å². The second-order valence-electron chi connectivity index (χ2n) is 24.6. The summed E-state index contributed by atoms with van der Waals surface area (Å²) in [5, 5.41) is 7.58.